The zero-order valence-electron chi connectivity index (χ0n) is 14.7. The van der Waals surface area contributed by atoms with Crippen LogP contribution in [0.25, 0.3) is 11.0 Å². The highest BCUT2D eigenvalue weighted by Crippen LogP contribution is 2.07. The van der Waals surface area contributed by atoms with Crippen LogP contribution in [0.2, 0.25) is 0 Å². The van der Waals surface area contributed by atoms with E-state index in [1.54, 1.807) is 60.7 Å². The maximum absolute atomic E-state index is 10.2. The van der Waals surface area contributed by atoms with Crippen LogP contribution in [0.1, 0.15) is 20.7 Å². The first-order chi connectivity index (χ1) is 13.5. The van der Waals surface area contributed by atoms with Crippen LogP contribution in [0, 0.1) is 4.77 Å². The Hall–Kier alpha value is -3.71. The van der Waals surface area contributed by atoms with Crippen molar-refractivity contribution in [3.8, 4) is 0 Å². The van der Waals surface area contributed by atoms with Gasteiger partial charge in [-0.1, -0.05) is 48.5 Å². The fourth-order valence-corrected chi connectivity index (χ4v) is 2.36. The minimum atomic E-state index is -0.879. The zero-order chi connectivity index (χ0) is 20.4. The Morgan fingerprint density at radius 3 is 1.21 bits per heavy atom. The molecule has 0 amide bonds. The van der Waals surface area contributed by atoms with Crippen molar-refractivity contribution in [3.05, 3.63) is 101 Å². The monoisotopic (exact) mass is 394 g/mol. The van der Waals surface area contributed by atoms with Crippen molar-refractivity contribution in [2.75, 3.05) is 0 Å². The summed E-state index contributed by atoms with van der Waals surface area (Å²) in [7, 11) is 0. The van der Waals surface area contributed by atoms with E-state index in [4.69, 9.17) is 22.4 Å². The first-order valence-electron chi connectivity index (χ1n) is 8.21. The van der Waals surface area contributed by atoms with Gasteiger partial charge in [0.2, 0.25) is 0 Å². The third kappa shape index (κ3) is 6.54. The number of nitrogens with one attached hydrogen (secondary N) is 2. The van der Waals surface area contributed by atoms with Gasteiger partial charge in [-0.05, 0) is 48.6 Å². The molecule has 7 heteroatoms. The highest BCUT2D eigenvalue weighted by molar-refractivity contribution is 7.71. The lowest BCUT2D eigenvalue weighted by atomic mass is 10.2. The fourth-order valence-electron chi connectivity index (χ4n) is 2.14. The molecule has 3 aromatic carbocycles. The molecule has 1 heterocycles. The molecule has 1 aromatic heterocycles. The highest BCUT2D eigenvalue weighted by Gasteiger charge is 1.97. The van der Waals surface area contributed by atoms with E-state index in [9.17, 15) is 9.59 Å². The van der Waals surface area contributed by atoms with Crippen LogP contribution in [0.5, 0.6) is 0 Å². The van der Waals surface area contributed by atoms with Crippen LogP contribution >= 0.6 is 12.2 Å². The number of carboxylic acids is 2. The van der Waals surface area contributed by atoms with Crippen LogP contribution in [0.4, 0.5) is 0 Å². The second-order valence-electron chi connectivity index (χ2n) is 5.47. The van der Waals surface area contributed by atoms with Gasteiger partial charge in [0, 0.05) is 0 Å². The second-order valence-corrected chi connectivity index (χ2v) is 5.88. The molecule has 0 aliphatic carbocycles. The van der Waals surface area contributed by atoms with Crippen molar-refractivity contribution in [3.63, 3.8) is 0 Å². The molecule has 0 unspecified atom stereocenters. The van der Waals surface area contributed by atoms with E-state index < -0.39 is 11.9 Å². The van der Waals surface area contributed by atoms with Crippen LogP contribution in [-0.4, -0.2) is 32.1 Å². The van der Waals surface area contributed by atoms with Gasteiger partial charge in [0.15, 0.2) is 4.77 Å². The molecule has 6 nitrogen and oxygen atoms in total. The van der Waals surface area contributed by atoms with Gasteiger partial charge in [0.1, 0.15) is 0 Å². The molecule has 0 aliphatic rings. The Kier molecular flexibility index (Phi) is 7.68. The molecule has 28 heavy (non-hydrogen) atoms. The molecule has 0 saturated carbocycles. The second kappa shape index (κ2) is 10.4. The van der Waals surface area contributed by atoms with Gasteiger partial charge in [0.05, 0.1) is 22.2 Å². The molecule has 0 atom stereocenters. The van der Waals surface area contributed by atoms with Crippen molar-refractivity contribution in [2.24, 2.45) is 0 Å². The third-order valence-electron chi connectivity index (χ3n) is 3.46. The van der Waals surface area contributed by atoms with Crippen molar-refractivity contribution in [2.45, 2.75) is 0 Å². The quantitative estimate of drug-likeness (QED) is 0.358. The number of para-hydroxylation sites is 2. The van der Waals surface area contributed by atoms with Crippen LogP contribution in [0.15, 0.2) is 84.9 Å². The predicted molar refractivity (Wildman–Crippen MR) is 110 cm³/mol. The summed E-state index contributed by atoms with van der Waals surface area (Å²) < 4.78 is 0.682. The molecule has 4 aromatic rings. The molecular formula is C21H18N2O4S. The van der Waals surface area contributed by atoms with Crippen LogP contribution in [-0.2, 0) is 0 Å². The molecule has 0 radical (unpaired) electrons. The van der Waals surface area contributed by atoms with Crippen molar-refractivity contribution in [1.29, 1.82) is 0 Å². The van der Waals surface area contributed by atoms with E-state index in [-0.39, 0.29) is 0 Å². The Morgan fingerprint density at radius 2 is 0.929 bits per heavy atom. The van der Waals surface area contributed by atoms with Gasteiger partial charge in [0.25, 0.3) is 0 Å². The number of carbonyl (C=O) groups is 2. The van der Waals surface area contributed by atoms with E-state index in [0.29, 0.717) is 15.9 Å². The number of rotatable bonds is 2. The van der Waals surface area contributed by atoms with Gasteiger partial charge in [-0.2, -0.15) is 0 Å². The number of aromatic amines is 2. The summed E-state index contributed by atoms with van der Waals surface area (Å²) in [6, 6.07) is 24.5. The van der Waals surface area contributed by atoms with Gasteiger partial charge in [-0.25, -0.2) is 9.59 Å². The van der Waals surface area contributed by atoms with E-state index in [1.807, 2.05) is 24.3 Å². The Bertz CT molecular complexity index is 1000. The minimum absolute atomic E-state index is 0.331. The average molecular weight is 394 g/mol. The summed E-state index contributed by atoms with van der Waals surface area (Å²) in [4.78, 5) is 26.4. The van der Waals surface area contributed by atoms with Gasteiger partial charge in [-0.3, -0.25) is 0 Å². The maximum Gasteiger partial charge on any atom is 0.335 e. The molecule has 0 bridgehead atoms. The Morgan fingerprint density at radius 1 is 0.607 bits per heavy atom. The Labute approximate surface area is 166 Å². The average Bonchev–Trinajstić information content (AvgIpc) is 3.10. The molecule has 4 rings (SSSR count). The Balaban J connectivity index is 0.000000151. The standard InChI is InChI=1S/C7H6N2S.2C7H6O2/c10-7-8-5-3-1-2-4-6(5)9-7;2*8-7(9)6-4-2-1-3-5-6/h1-4H,(H2,8,9,10);2*1-5H,(H,8,9). The molecule has 0 fully saturated rings. The molecule has 0 spiro atoms. The third-order valence-corrected chi connectivity index (χ3v) is 3.67. The first-order valence-corrected chi connectivity index (χ1v) is 8.62. The SMILES string of the molecule is O=C(O)c1ccccc1.O=C(O)c1ccccc1.S=c1[nH]c2ccccc2[nH]1. The van der Waals surface area contributed by atoms with Crippen molar-refractivity contribution < 1.29 is 19.8 Å². The number of fused-ring (bicyclic) bond motifs is 1. The number of aromatic nitrogens is 2. The van der Waals surface area contributed by atoms with E-state index in [1.165, 1.54) is 0 Å². The lowest BCUT2D eigenvalue weighted by molar-refractivity contribution is 0.0686. The highest BCUT2D eigenvalue weighted by atomic mass is 32.1. The first kappa shape index (κ1) is 20.6. The fraction of sp³-hybridized carbons (Fsp3) is 0. The number of aromatic carboxylic acids is 2. The molecular weight excluding hydrogens is 376 g/mol. The molecule has 142 valence electrons. The normalized spacial score (nSPS) is 9.43. The molecule has 0 aliphatic heterocycles. The van der Waals surface area contributed by atoms with Crippen LogP contribution < -0.4 is 0 Å². The summed E-state index contributed by atoms with van der Waals surface area (Å²) in [5.41, 5.74) is 2.79. The summed E-state index contributed by atoms with van der Waals surface area (Å²) >= 11 is 4.90. The summed E-state index contributed by atoms with van der Waals surface area (Å²) in [5, 5.41) is 16.8. The van der Waals surface area contributed by atoms with E-state index >= 15 is 0 Å². The lowest BCUT2D eigenvalue weighted by Crippen LogP contribution is -1.93. The maximum atomic E-state index is 10.2. The molecule has 4 N–H and O–H groups in total. The number of hydrogen-bond donors (Lipinski definition) is 4. The van der Waals surface area contributed by atoms with Crippen molar-refractivity contribution >= 4 is 35.2 Å². The molecule has 0 saturated heterocycles. The minimum Gasteiger partial charge on any atom is -0.478 e. The predicted octanol–water partition coefficient (Wildman–Crippen LogP) is 5.00. The van der Waals surface area contributed by atoms with Crippen molar-refractivity contribution in [1.82, 2.24) is 9.97 Å². The smallest absolute Gasteiger partial charge is 0.335 e. The summed E-state index contributed by atoms with van der Waals surface area (Å²) in [6.07, 6.45) is 0. The van der Waals surface area contributed by atoms with Crippen LogP contribution in [0.3, 0.4) is 0 Å². The van der Waals surface area contributed by atoms with Gasteiger partial charge < -0.3 is 20.2 Å². The zero-order valence-corrected chi connectivity index (χ0v) is 15.5. The van der Waals surface area contributed by atoms with Gasteiger partial charge in [-0.15, -0.1) is 0 Å². The van der Waals surface area contributed by atoms with E-state index in [2.05, 4.69) is 9.97 Å². The summed E-state index contributed by atoms with van der Waals surface area (Å²) in [6.45, 7) is 0. The van der Waals surface area contributed by atoms with Gasteiger partial charge >= 0.3 is 11.9 Å². The number of carboxylic acid groups (broad SMARTS) is 2. The largest absolute Gasteiger partial charge is 0.478 e. The van der Waals surface area contributed by atoms with E-state index in [0.717, 1.165) is 11.0 Å². The number of imidazole rings is 1. The lowest BCUT2D eigenvalue weighted by Gasteiger charge is -1.88. The number of H-pyrrole nitrogens is 2. The number of benzene rings is 3. The number of hydrogen-bond acceptors (Lipinski definition) is 3. The summed E-state index contributed by atoms with van der Waals surface area (Å²) in [5.74, 6) is -1.76. The topological polar surface area (TPSA) is 106 Å².